The molecule has 1 amide bonds. The van der Waals surface area contributed by atoms with E-state index >= 15 is 0 Å². The van der Waals surface area contributed by atoms with E-state index in [9.17, 15) is 9.59 Å². The van der Waals surface area contributed by atoms with E-state index in [-0.39, 0.29) is 12.3 Å². The second kappa shape index (κ2) is 6.46. The van der Waals surface area contributed by atoms with E-state index in [1.54, 1.807) is 17.5 Å². The zero-order valence-corrected chi connectivity index (χ0v) is 13.7. The average Bonchev–Trinajstić information content (AvgIpc) is 2.87. The van der Waals surface area contributed by atoms with Gasteiger partial charge in [-0.25, -0.2) is 9.78 Å². The lowest BCUT2D eigenvalue weighted by molar-refractivity contribution is -0.145. The number of carboxylic acid groups (broad SMARTS) is 1. The number of hydrogen-bond acceptors (Lipinski definition) is 4. The topological polar surface area (TPSA) is 79.3 Å². The first-order chi connectivity index (χ1) is 10.3. The van der Waals surface area contributed by atoms with Gasteiger partial charge in [0.25, 0.3) is 0 Å². The van der Waals surface area contributed by atoms with Crippen molar-refractivity contribution >= 4 is 34.8 Å². The van der Waals surface area contributed by atoms with Gasteiger partial charge in [0.05, 0.1) is 12.1 Å². The number of nitrogens with zero attached hydrogens (tertiary/aromatic N) is 1. The maximum absolute atomic E-state index is 11.9. The minimum atomic E-state index is -1.30. The molecule has 0 aliphatic heterocycles. The Morgan fingerprint density at radius 1 is 1.32 bits per heavy atom. The summed E-state index contributed by atoms with van der Waals surface area (Å²) >= 11 is 7.27. The summed E-state index contributed by atoms with van der Waals surface area (Å²) in [5, 5.41) is 14.7. The molecule has 0 unspecified atom stereocenters. The number of carboxylic acids is 1. The van der Waals surface area contributed by atoms with Gasteiger partial charge in [-0.1, -0.05) is 23.7 Å². The summed E-state index contributed by atoms with van der Waals surface area (Å²) in [5.41, 5.74) is 0.229. The second-order valence-corrected chi connectivity index (χ2v) is 6.60. The monoisotopic (exact) mass is 338 g/mol. The first-order valence-electron chi connectivity index (χ1n) is 6.53. The van der Waals surface area contributed by atoms with Crippen molar-refractivity contribution < 1.29 is 14.7 Å². The van der Waals surface area contributed by atoms with Crippen LogP contribution in [0.25, 0.3) is 10.6 Å². The third kappa shape index (κ3) is 4.05. The first-order valence-corrected chi connectivity index (χ1v) is 7.78. The van der Waals surface area contributed by atoms with Crippen LogP contribution in [0.2, 0.25) is 5.02 Å². The Kier molecular flexibility index (Phi) is 4.83. The number of amides is 1. The number of aliphatic carboxylic acids is 1. The summed E-state index contributed by atoms with van der Waals surface area (Å²) < 4.78 is 0. The molecular weight excluding hydrogens is 324 g/mol. The summed E-state index contributed by atoms with van der Waals surface area (Å²) in [7, 11) is 0. The lowest BCUT2D eigenvalue weighted by Gasteiger charge is -2.20. The van der Waals surface area contributed by atoms with E-state index in [0.29, 0.717) is 10.7 Å². The zero-order chi connectivity index (χ0) is 16.3. The van der Waals surface area contributed by atoms with Gasteiger partial charge < -0.3 is 10.4 Å². The highest BCUT2D eigenvalue weighted by Crippen LogP contribution is 2.25. The number of hydrogen-bond donors (Lipinski definition) is 2. The number of nitrogens with one attached hydrogen (secondary N) is 1. The smallest absolute Gasteiger partial charge is 0.328 e. The molecule has 0 bridgehead atoms. The van der Waals surface area contributed by atoms with Crippen LogP contribution in [0.5, 0.6) is 0 Å². The quantitative estimate of drug-likeness (QED) is 0.878. The molecule has 0 spiro atoms. The van der Waals surface area contributed by atoms with Gasteiger partial charge >= 0.3 is 5.97 Å². The minimum absolute atomic E-state index is 0.0425. The van der Waals surface area contributed by atoms with Crippen LogP contribution in [-0.4, -0.2) is 27.5 Å². The maximum Gasteiger partial charge on any atom is 0.328 e. The Labute approximate surface area is 137 Å². The fourth-order valence-electron chi connectivity index (χ4n) is 1.72. The lowest BCUT2D eigenvalue weighted by Crippen LogP contribution is -2.50. The van der Waals surface area contributed by atoms with Crippen molar-refractivity contribution in [2.75, 3.05) is 0 Å². The molecule has 0 saturated heterocycles. The van der Waals surface area contributed by atoms with Gasteiger partial charge in [-0.2, -0.15) is 0 Å². The van der Waals surface area contributed by atoms with E-state index in [2.05, 4.69) is 10.3 Å². The number of carbonyl (C=O) groups is 2. The summed E-state index contributed by atoms with van der Waals surface area (Å²) in [5.74, 6) is -1.46. The molecule has 5 nitrogen and oxygen atoms in total. The van der Waals surface area contributed by atoms with Gasteiger partial charge in [0.2, 0.25) is 5.91 Å². The molecule has 2 rings (SSSR count). The van der Waals surface area contributed by atoms with Crippen LogP contribution in [0.4, 0.5) is 0 Å². The number of thiazole rings is 1. The van der Waals surface area contributed by atoms with E-state index in [1.807, 2.05) is 12.1 Å². The highest BCUT2D eigenvalue weighted by atomic mass is 35.5. The van der Waals surface area contributed by atoms with Crippen molar-refractivity contribution in [3.63, 3.8) is 0 Å². The van der Waals surface area contributed by atoms with Crippen molar-refractivity contribution in [3.05, 3.63) is 40.4 Å². The van der Waals surface area contributed by atoms with Crippen molar-refractivity contribution in [3.8, 4) is 10.6 Å². The molecule has 0 fully saturated rings. The number of aromatic nitrogens is 1. The second-order valence-electron chi connectivity index (χ2n) is 5.31. The highest BCUT2D eigenvalue weighted by Gasteiger charge is 2.29. The molecule has 0 aliphatic rings. The summed E-state index contributed by atoms with van der Waals surface area (Å²) in [4.78, 5) is 27.3. The molecule has 0 radical (unpaired) electrons. The molecule has 7 heteroatoms. The molecule has 1 aromatic heterocycles. The standard InChI is InChI=1S/C15H15ClN2O3S/c1-15(2,14(20)21)18-12(19)7-11-8-22-13(17-11)9-3-5-10(16)6-4-9/h3-6,8H,7H2,1-2H3,(H,18,19)(H,20,21). The lowest BCUT2D eigenvalue weighted by atomic mass is 10.1. The number of benzene rings is 1. The molecular formula is C15H15ClN2O3S. The predicted octanol–water partition coefficient (Wildman–Crippen LogP) is 2.99. The van der Waals surface area contributed by atoms with E-state index in [4.69, 9.17) is 16.7 Å². The van der Waals surface area contributed by atoms with Crippen molar-refractivity contribution in [2.45, 2.75) is 25.8 Å². The van der Waals surface area contributed by atoms with Crippen molar-refractivity contribution in [1.29, 1.82) is 0 Å². The SMILES string of the molecule is CC(C)(NC(=O)Cc1csc(-c2ccc(Cl)cc2)n1)C(=O)O. The van der Waals surface area contributed by atoms with Crippen molar-refractivity contribution in [1.82, 2.24) is 10.3 Å². The van der Waals surface area contributed by atoms with Crippen LogP contribution >= 0.6 is 22.9 Å². The van der Waals surface area contributed by atoms with Crippen LogP contribution in [-0.2, 0) is 16.0 Å². The summed E-state index contributed by atoms with van der Waals surface area (Å²) in [6, 6.07) is 7.28. The van der Waals surface area contributed by atoms with E-state index in [1.165, 1.54) is 25.2 Å². The third-order valence-electron chi connectivity index (χ3n) is 2.97. The Morgan fingerprint density at radius 3 is 2.55 bits per heavy atom. The fourth-order valence-corrected chi connectivity index (χ4v) is 2.68. The number of rotatable bonds is 5. The van der Waals surface area contributed by atoms with Crippen LogP contribution < -0.4 is 5.32 Å². The Balaban J connectivity index is 2.05. The molecule has 1 heterocycles. The molecule has 1 aromatic carbocycles. The maximum atomic E-state index is 11.9. The third-order valence-corrected chi connectivity index (χ3v) is 4.16. The molecule has 0 aliphatic carbocycles. The molecule has 22 heavy (non-hydrogen) atoms. The van der Waals surface area contributed by atoms with E-state index in [0.717, 1.165) is 10.6 Å². The molecule has 116 valence electrons. The van der Waals surface area contributed by atoms with Gasteiger partial charge in [0, 0.05) is 16.0 Å². The van der Waals surface area contributed by atoms with Gasteiger partial charge in [-0.05, 0) is 26.0 Å². The van der Waals surface area contributed by atoms with Crippen LogP contribution in [0.1, 0.15) is 19.5 Å². The average molecular weight is 339 g/mol. The highest BCUT2D eigenvalue weighted by molar-refractivity contribution is 7.13. The van der Waals surface area contributed by atoms with E-state index < -0.39 is 11.5 Å². The van der Waals surface area contributed by atoms with Crippen molar-refractivity contribution in [2.24, 2.45) is 0 Å². The first kappa shape index (κ1) is 16.5. The Morgan fingerprint density at radius 2 is 1.95 bits per heavy atom. The predicted molar refractivity (Wildman–Crippen MR) is 86.1 cm³/mol. The van der Waals surface area contributed by atoms with Gasteiger partial charge in [0.1, 0.15) is 10.5 Å². The zero-order valence-electron chi connectivity index (χ0n) is 12.1. The number of carbonyl (C=O) groups excluding carboxylic acids is 1. The summed E-state index contributed by atoms with van der Waals surface area (Å²) in [6.45, 7) is 2.88. The van der Waals surface area contributed by atoms with Gasteiger partial charge in [-0.15, -0.1) is 11.3 Å². The Hall–Kier alpha value is -1.92. The van der Waals surface area contributed by atoms with Crippen LogP contribution in [0.15, 0.2) is 29.6 Å². The molecule has 2 aromatic rings. The van der Waals surface area contributed by atoms with Crippen LogP contribution in [0.3, 0.4) is 0 Å². The Bertz CT molecular complexity index is 695. The van der Waals surface area contributed by atoms with Gasteiger partial charge in [0.15, 0.2) is 0 Å². The molecule has 0 atom stereocenters. The van der Waals surface area contributed by atoms with Crippen LogP contribution in [0, 0.1) is 0 Å². The summed E-state index contributed by atoms with van der Waals surface area (Å²) in [6.07, 6.45) is 0.0425. The largest absolute Gasteiger partial charge is 0.480 e. The number of halogens is 1. The minimum Gasteiger partial charge on any atom is -0.480 e. The molecule has 0 saturated carbocycles. The molecule has 2 N–H and O–H groups in total. The normalized spacial score (nSPS) is 11.2. The van der Waals surface area contributed by atoms with Gasteiger partial charge in [-0.3, -0.25) is 4.79 Å². The fraction of sp³-hybridized carbons (Fsp3) is 0.267.